The Kier molecular flexibility index (Phi) is 8.61. The maximum absolute atomic E-state index is 13.6. The van der Waals surface area contributed by atoms with Crippen molar-refractivity contribution in [2.75, 3.05) is 18.5 Å². The van der Waals surface area contributed by atoms with Gasteiger partial charge in [-0.2, -0.15) is 0 Å². The van der Waals surface area contributed by atoms with E-state index in [2.05, 4.69) is 10.6 Å². The number of halogens is 2. The van der Waals surface area contributed by atoms with Crippen molar-refractivity contribution < 1.29 is 18.7 Å². The molecule has 2 N–H and O–H groups in total. The lowest BCUT2D eigenvalue weighted by atomic mass is 10.1. The van der Waals surface area contributed by atoms with E-state index in [9.17, 15) is 23.6 Å². The first-order valence-corrected chi connectivity index (χ1v) is 13.6. The molecule has 1 saturated heterocycles. The molecular formula is C30H28ClFN4O5. The van der Waals surface area contributed by atoms with Gasteiger partial charge < -0.3 is 15.4 Å². The summed E-state index contributed by atoms with van der Waals surface area (Å²) < 4.78 is 21.4. The van der Waals surface area contributed by atoms with Crippen LogP contribution in [0, 0.1) is 5.82 Å². The van der Waals surface area contributed by atoms with Crippen molar-refractivity contribution in [1.29, 1.82) is 0 Å². The van der Waals surface area contributed by atoms with Gasteiger partial charge in [0.15, 0.2) is 0 Å². The van der Waals surface area contributed by atoms with Gasteiger partial charge in [0.2, 0.25) is 5.91 Å². The Labute approximate surface area is 239 Å². The van der Waals surface area contributed by atoms with Crippen molar-refractivity contribution in [1.82, 2.24) is 14.5 Å². The van der Waals surface area contributed by atoms with E-state index in [-0.39, 0.29) is 45.7 Å². The van der Waals surface area contributed by atoms with Crippen LogP contribution >= 0.6 is 11.6 Å². The number of carbonyl (C=O) groups excluding carboxylic acids is 2. The van der Waals surface area contributed by atoms with Gasteiger partial charge in [-0.1, -0.05) is 41.9 Å². The van der Waals surface area contributed by atoms with Crippen LogP contribution in [0.1, 0.15) is 28.8 Å². The van der Waals surface area contributed by atoms with Gasteiger partial charge in [0.25, 0.3) is 11.5 Å². The summed E-state index contributed by atoms with van der Waals surface area (Å²) in [6, 6.07) is 17.9. The number of nitrogens with one attached hydrogen (secondary N) is 2. The lowest BCUT2D eigenvalue weighted by molar-refractivity contribution is -0.116. The largest absolute Gasteiger partial charge is 0.376 e. The first kappa shape index (κ1) is 28.3. The van der Waals surface area contributed by atoms with Crippen molar-refractivity contribution >= 4 is 40.0 Å². The van der Waals surface area contributed by atoms with Crippen molar-refractivity contribution in [3.63, 3.8) is 0 Å². The molecule has 1 atom stereocenters. The highest BCUT2D eigenvalue weighted by Gasteiger charge is 2.22. The van der Waals surface area contributed by atoms with Crippen LogP contribution in [-0.4, -0.2) is 40.2 Å². The van der Waals surface area contributed by atoms with Gasteiger partial charge >= 0.3 is 5.69 Å². The van der Waals surface area contributed by atoms with E-state index in [0.29, 0.717) is 26.0 Å². The summed E-state index contributed by atoms with van der Waals surface area (Å²) in [4.78, 5) is 53.0. The van der Waals surface area contributed by atoms with Gasteiger partial charge in [-0.25, -0.2) is 9.18 Å². The summed E-state index contributed by atoms with van der Waals surface area (Å²) in [5.41, 5.74) is 0.461. The predicted octanol–water partition coefficient (Wildman–Crippen LogP) is 3.75. The zero-order valence-corrected chi connectivity index (χ0v) is 22.8. The van der Waals surface area contributed by atoms with Gasteiger partial charge in [-0.3, -0.25) is 23.5 Å². The molecule has 4 aromatic rings. The third-order valence-corrected chi connectivity index (χ3v) is 7.24. The highest BCUT2D eigenvalue weighted by Crippen LogP contribution is 2.20. The van der Waals surface area contributed by atoms with Crippen LogP contribution in [0.15, 0.2) is 76.3 Å². The molecule has 0 saturated carbocycles. The molecule has 0 aliphatic carbocycles. The molecule has 41 heavy (non-hydrogen) atoms. The smallest absolute Gasteiger partial charge is 0.332 e. The first-order valence-electron chi connectivity index (χ1n) is 13.3. The number of benzene rings is 3. The summed E-state index contributed by atoms with van der Waals surface area (Å²) in [5.74, 6) is -1.62. The normalized spacial score (nSPS) is 14.7. The fraction of sp³-hybridized carbons (Fsp3) is 0.267. The van der Waals surface area contributed by atoms with E-state index < -0.39 is 29.5 Å². The van der Waals surface area contributed by atoms with Crippen molar-refractivity contribution in [3.05, 3.63) is 110 Å². The molecule has 3 aromatic carbocycles. The quantitative estimate of drug-likeness (QED) is 0.314. The molecule has 9 nitrogen and oxygen atoms in total. The lowest BCUT2D eigenvalue weighted by Crippen LogP contribution is -2.43. The molecule has 1 aromatic heterocycles. The molecule has 1 fully saturated rings. The van der Waals surface area contributed by atoms with Crippen LogP contribution in [0.4, 0.5) is 10.1 Å². The number of ether oxygens (including phenoxy) is 1. The lowest BCUT2D eigenvalue weighted by Gasteiger charge is -2.17. The maximum Gasteiger partial charge on any atom is 0.332 e. The summed E-state index contributed by atoms with van der Waals surface area (Å²) in [6.07, 6.45) is 1.87. The number of fused-ring (bicyclic) bond motifs is 1. The van der Waals surface area contributed by atoms with Gasteiger partial charge in [-0.15, -0.1) is 0 Å². The van der Waals surface area contributed by atoms with Crippen LogP contribution in [0.2, 0.25) is 5.02 Å². The van der Waals surface area contributed by atoms with E-state index >= 15 is 0 Å². The number of rotatable bonds is 9. The second kappa shape index (κ2) is 12.5. The van der Waals surface area contributed by atoms with Gasteiger partial charge in [0, 0.05) is 24.4 Å². The molecule has 0 radical (unpaired) electrons. The number of amides is 2. The average molecular weight is 579 g/mol. The summed E-state index contributed by atoms with van der Waals surface area (Å²) >= 11 is 5.83. The molecule has 0 unspecified atom stereocenters. The second-order valence-electron chi connectivity index (χ2n) is 9.82. The number of anilines is 1. The van der Waals surface area contributed by atoms with Crippen LogP contribution in [0.5, 0.6) is 0 Å². The standard InChI is InChI=1S/C30H28ClFN4O5/c31-24-16-21(9-11-25(24)32)34-27(37)18-35-26-15-20(28(38)33-13-12-19-5-2-1-3-6-19)8-10-23(26)29(39)36(30(35)40)17-22-7-4-14-41-22/h1-3,5-6,8-11,15-16,22H,4,7,12-14,17-18H2,(H,33,38)(H,34,37)/t22-/m0/s1. The minimum Gasteiger partial charge on any atom is -0.376 e. The third-order valence-electron chi connectivity index (χ3n) is 6.95. The van der Waals surface area contributed by atoms with Gasteiger partial charge in [0.1, 0.15) is 12.4 Å². The Bertz CT molecular complexity index is 1710. The highest BCUT2D eigenvalue weighted by molar-refractivity contribution is 6.31. The molecule has 1 aliphatic heterocycles. The van der Waals surface area contributed by atoms with E-state index in [4.69, 9.17) is 16.3 Å². The topological polar surface area (TPSA) is 111 Å². The Hall–Kier alpha value is -4.28. The second-order valence-corrected chi connectivity index (χ2v) is 10.2. The van der Waals surface area contributed by atoms with E-state index in [0.717, 1.165) is 27.2 Å². The van der Waals surface area contributed by atoms with Crippen molar-refractivity contribution in [3.8, 4) is 0 Å². The molecule has 2 heterocycles. The number of carbonyl (C=O) groups is 2. The zero-order valence-electron chi connectivity index (χ0n) is 22.1. The van der Waals surface area contributed by atoms with Crippen molar-refractivity contribution in [2.45, 2.75) is 38.5 Å². The fourth-order valence-corrected chi connectivity index (χ4v) is 5.03. The number of aromatic nitrogens is 2. The van der Waals surface area contributed by atoms with Gasteiger partial charge in [0.05, 0.1) is 28.6 Å². The van der Waals surface area contributed by atoms with Crippen molar-refractivity contribution in [2.24, 2.45) is 0 Å². The first-order chi connectivity index (χ1) is 19.8. The summed E-state index contributed by atoms with van der Waals surface area (Å²) in [7, 11) is 0. The number of hydrogen-bond donors (Lipinski definition) is 2. The molecule has 212 valence electrons. The molecule has 0 spiro atoms. The van der Waals surface area contributed by atoms with E-state index in [1.165, 1.54) is 30.3 Å². The molecule has 2 amide bonds. The molecule has 0 bridgehead atoms. The Morgan fingerprint density at radius 3 is 2.56 bits per heavy atom. The van der Waals surface area contributed by atoms with Crippen LogP contribution < -0.4 is 21.9 Å². The predicted molar refractivity (Wildman–Crippen MR) is 154 cm³/mol. The Morgan fingerprint density at radius 2 is 1.83 bits per heavy atom. The minimum absolute atomic E-state index is 0.0462. The van der Waals surface area contributed by atoms with Crippen LogP contribution in [0.3, 0.4) is 0 Å². The molecule has 5 rings (SSSR count). The van der Waals surface area contributed by atoms with Gasteiger partial charge in [-0.05, 0) is 61.2 Å². The summed E-state index contributed by atoms with van der Waals surface area (Å²) in [6.45, 7) is 0.519. The number of hydrogen-bond acceptors (Lipinski definition) is 5. The highest BCUT2D eigenvalue weighted by atomic mass is 35.5. The summed E-state index contributed by atoms with van der Waals surface area (Å²) in [5, 5.41) is 5.47. The third kappa shape index (κ3) is 6.55. The van der Waals surface area contributed by atoms with Crippen LogP contribution in [-0.2, 0) is 29.0 Å². The number of nitrogens with zero attached hydrogens (tertiary/aromatic N) is 2. The fourth-order valence-electron chi connectivity index (χ4n) is 4.85. The minimum atomic E-state index is -0.702. The monoisotopic (exact) mass is 578 g/mol. The maximum atomic E-state index is 13.6. The Morgan fingerprint density at radius 1 is 1.02 bits per heavy atom. The molecular weight excluding hydrogens is 551 g/mol. The molecule has 1 aliphatic rings. The van der Waals surface area contributed by atoms with Crippen LogP contribution in [0.25, 0.3) is 10.9 Å². The zero-order chi connectivity index (χ0) is 28.9. The average Bonchev–Trinajstić information content (AvgIpc) is 3.49. The Balaban J connectivity index is 1.46. The molecule has 11 heteroatoms. The van der Waals surface area contributed by atoms with E-state index in [1.54, 1.807) is 0 Å². The van der Waals surface area contributed by atoms with E-state index in [1.807, 2.05) is 30.3 Å². The SMILES string of the molecule is O=C(Cn1c(=O)n(C[C@@H]2CCCO2)c(=O)c2ccc(C(=O)NCCc3ccccc3)cc21)Nc1ccc(F)c(Cl)c1.